The number of benzene rings is 5. The fourth-order valence-corrected chi connectivity index (χ4v) is 10.9. The zero-order chi connectivity index (χ0) is 20.1. The van der Waals surface area contributed by atoms with Crippen LogP contribution in [0.3, 0.4) is 0 Å². The van der Waals surface area contributed by atoms with Crippen LogP contribution in [0.4, 0.5) is 0 Å². The van der Waals surface area contributed by atoms with Crippen LogP contribution in [-0.4, -0.2) is 8.07 Å². The molecule has 1 aliphatic rings. The Balaban J connectivity index is 1.89. The van der Waals surface area contributed by atoms with Crippen LogP contribution in [0.25, 0.3) is 21.9 Å². The predicted octanol–water partition coefficient (Wildman–Crippen LogP) is 4.51. The van der Waals surface area contributed by atoms with Gasteiger partial charge in [0, 0.05) is 0 Å². The quantitative estimate of drug-likeness (QED) is 0.377. The highest BCUT2D eigenvalue weighted by atomic mass is 28.3. The molecular weight excluding hydrogens is 376 g/mol. The van der Waals surface area contributed by atoms with E-state index in [0.717, 1.165) is 0 Å². The normalized spacial score (nSPS) is 13.8. The molecule has 0 amide bonds. The van der Waals surface area contributed by atoms with Crippen molar-refractivity contribution in [3.05, 3.63) is 121 Å². The molecule has 0 radical (unpaired) electrons. The van der Waals surface area contributed by atoms with Gasteiger partial charge in [-0.1, -0.05) is 121 Å². The molecule has 1 aliphatic heterocycles. The van der Waals surface area contributed by atoms with Crippen LogP contribution >= 0.6 is 0 Å². The lowest BCUT2D eigenvalue weighted by Gasteiger charge is -2.32. The Labute approximate surface area is 178 Å². The van der Waals surface area contributed by atoms with E-state index >= 15 is 0 Å². The molecule has 6 rings (SSSR count). The monoisotopic (exact) mass is 398 g/mol. The lowest BCUT2D eigenvalue weighted by Crippen LogP contribution is -2.73. The summed E-state index contributed by atoms with van der Waals surface area (Å²) in [4.78, 5) is 0. The van der Waals surface area contributed by atoms with Gasteiger partial charge >= 0.3 is 0 Å². The summed E-state index contributed by atoms with van der Waals surface area (Å²) in [7, 11) is -2.42. The summed E-state index contributed by atoms with van der Waals surface area (Å²) in [6.45, 7) is 2.22. The maximum absolute atomic E-state index is 2.45. The Morgan fingerprint density at radius 2 is 1.13 bits per heavy atom. The standard InChI is InChI=1S/C29H22Si/c1-21-16-18-26-27-19-17-22-10-8-9-15-25(22)29(27)30(28(26)20-21,23-11-4-2-5-12-23)24-13-6-3-7-14-24/h2-20H,1H3. The van der Waals surface area contributed by atoms with Crippen molar-refractivity contribution in [1.82, 2.24) is 0 Å². The van der Waals surface area contributed by atoms with E-state index < -0.39 is 8.07 Å². The second kappa shape index (κ2) is 6.55. The summed E-state index contributed by atoms with van der Waals surface area (Å²) in [5.74, 6) is 0. The van der Waals surface area contributed by atoms with Crippen LogP contribution in [0.2, 0.25) is 0 Å². The molecule has 0 N–H and O–H groups in total. The van der Waals surface area contributed by atoms with Crippen molar-refractivity contribution >= 4 is 39.6 Å². The van der Waals surface area contributed by atoms with Gasteiger partial charge in [0.1, 0.15) is 0 Å². The van der Waals surface area contributed by atoms with Crippen LogP contribution in [-0.2, 0) is 0 Å². The van der Waals surface area contributed by atoms with Crippen molar-refractivity contribution in [2.45, 2.75) is 6.92 Å². The molecule has 0 saturated heterocycles. The average molecular weight is 399 g/mol. The van der Waals surface area contributed by atoms with Gasteiger partial charge in [-0.2, -0.15) is 0 Å². The smallest absolute Gasteiger partial charge is 0.0623 e. The van der Waals surface area contributed by atoms with Crippen LogP contribution in [0, 0.1) is 6.92 Å². The van der Waals surface area contributed by atoms with E-state index in [1.165, 1.54) is 43.0 Å². The average Bonchev–Trinajstić information content (AvgIpc) is 3.11. The molecule has 0 atom stereocenters. The summed E-state index contributed by atoms with van der Waals surface area (Å²) in [6.07, 6.45) is 0. The number of hydrogen-bond donors (Lipinski definition) is 0. The van der Waals surface area contributed by atoms with Crippen molar-refractivity contribution in [2.75, 3.05) is 0 Å². The van der Waals surface area contributed by atoms with E-state index in [9.17, 15) is 0 Å². The first kappa shape index (κ1) is 17.4. The molecule has 30 heavy (non-hydrogen) atoms. The Hall–Kier alpha value is -3.42. The fraction of sp³-hybridized carbons (Fsp3) is 0.0345. The topological polar surface area (TPSA) is 0 Å². The predicted molar refractivity (Wildman–Crippen MR) is 131 cm³/mol. The van der Waals surface area contributed by atoms with Gasteiger partial charge < -0.3 is 0 Å². The summed E-state index contributed by atoms with van der Waals surface area (Å²) < 4.78 is 0. The molecule has 0 aromatic heterocycles. The Morgan fingerprint density at radius 1 is 0.533 bits per heavy atom. The summed E-state index contributed by atoms with van der Waals surface area (Å²) in [6, 6.07) is 43.1. The molecule has 5 aromatic rings. The zero-order valence-corrected chi connectivity index (χ0v) is 18.0. The highest BCUT2D eigenvalue weighted by Crippen LogP contribution is 2.32. The van der Waals surface area contributed by atoms with Crippen LogP contribution in [0.1, 0.15) is 5.56 Å². The molecule has 0 nitrogen and oxygen atoms in total. The second-order valence-corrected chi connectivity index (χ2v) is 11.9. The molecule has 0 saturated carbocycles. The maximum Gasteiger partial charge on any atom is 0.181 e. The molecule has 0 unspecified atom stereocenters. The minimum Gasteiger partial charge on any atom is -0.0623 e. The lowest BCUT2D eigenvalue weighted by atomic mass is 10.0. The Bertz CT molecular complexity index is 1350. The van der Waals surface area contributed by atoms with E-state index in [2.05, 4.69) is 122 Å². The van der Waals surface area contributed by atoms with E-state index in [4.69, 9.17) is 0 Å². The van der Waals surface area contributed by atoms with Crippen molar-refractivity contribution in [1.29, 1.82) is 0 Å². The molecule has 142 valence electrons. The number of hydrogen-bond acceptors (Lipinski definition) is 0. The molecule has 0 aliphatic carbocycles. The van der Waals surface area contributed by atoms with Crippen LogP contribution < -0.4 is 20.7 Å². The minimum atomic E-state index is -2.42. The number of aryl methyl sites for hydroxylation is 1. The van der Waals surface area contributed by atoms with E-state index in [1.807, 2.05) is 0 Å². The van der Waals surface area contributed by atoms with E-state index in [0.29, 0.717) is 0 Å². The maximum atomic E-state index is 2.45. The van der Waals surface area contributed by atoms with Crippen LogP contribution in [0.5, 0.6) is 0 Å². The van der Waals surface area contributed by atoms with Gasteiger partial charge in [-0.3, -0.25) is 0 Å². The van der Waals surface area contributed by atoms with E-state index in [1.54, 1.807) is 5.19 Å². The molecule has 0 spiro atoms. The van der Waals surface area contributed by atoms with Gasteiger partial charge in [0.25, 0.3) is 0 Å². The van der Waals surface area contributed by atoms with Gasteiger partial charge in [0.15, 0.2) is 8.07 Å². The van der Waals surface area contributed by atoms with E-state index in [-0.39, 0.29) is 0 Å². The first-order valence-corrected chi connectivity index (χ1v) is 12.5. The van der Waals surface area contributed by atoms with Crippen molar-refractivity contribution < 1.29 is 0 Å². The first-order chi connectivity index (χ1) is 14.8. The van der Waals surface area contributed by atoms with Crippen LogP contribution in [0.15, 0.2) is 115 Å². The third kappa shape index (κ3) is 2.27. The largest absolute Gasteiger partial charge is 0.181 e. The first-order valence-electron chi connectivity index (χ1n) is 10.5. The highest BCUT2D eigenvalue weighted by Gasteiger charge is 2.49. The molecule has 5 aromatic carbocycles. The van der Waals surface area contributed by atoms with Gasteiger partial charge in [-0.15, -0.1) is 0 Å². The lowest BCUT2D eigenvalue weighted by molar-refractivity contribution is 1.49. The number of rotatable bonds is 2. The summed E-state index contributed by atoms with van der Waals surface area (Å²) in [5, 5.41) is 8.69. The molecule has 1 heteroatoms. The SMILES string of the molecule is Cc1ccc2c(c1)[Si](c1ccccc1)(c1ccccc1)c1c-2ccc2ccccc12. The molecular formula is C29H22Si. The van der Waals surface area contributed by atoms with Gasteiger partial charge in [-0.05, 0) is 49.6 Å². The number of fused-ring (bicyclic) bond motifs is 5. The summed E-state index contributed by atoms with van der Waals surface area (Å²) >= 11 is 0. The Morgan fingerprint density at radius 3 is 1.83 bits per heavy atom. The third-order valence-corrected chi connectivity index (χ3v) is 11.5. The highest BCUT2D eigenvalue weighted by molar-refractivity contribution is 7.23. The minimum absolute atomic E-state index is 1.32. The fourth-order valence-electron chi connectivity index (χ4n) is 5.38. The van der Waals surface area contributed by atoms with Gasteiger partial charge in [-0.25, -0.2) is 0 Å². The molecule has 0 fully saturated rings. The van der Waals surface area contributed by atoms with Gasteiger partial charge in [0.05, 0.1) is 0 Å². The zero-order valence-electron chi connectivity index (χ0n) is 17.0. The Kier molecular flexibility index (Phi) is 3.81. The molecule has 1 heterocycles. The van der Waals surface area contributed by atoms with Crippen molar-refractivity contribution in [3.8, 4) is 11.1 Å². The molecule has 0 bridgehead atoms. The van der Waals surface area contributed by atoms with Gasteiger partial charge in [0.2, 0.25) is 0 Å². The third-order valence-electron chi connectivity index (χ3n) is 6.59. The van der Waals surface area contributed by atoms with Crippen molar-refractivity contribution in [2.24, 2.45) is 0 Å². The second-order valence-electron chi connectivity index (χ2n) is 8.24. The van der Waals surface area contributed by atoms with Crippen molar-refractivity contribution in [3.63, 3.8) is 0 Å². The summed E-state index contributed by atoms with van der Waals surface area (Å²) in [5.41, 5.74) is 4.14.